The van der Waals surface area contributed by atoms with E-state index in [1.54, 1.807) is 49.0 Å². The molecule has 0 aliphatic heterocycles. The van der Waals surface area contributed by atoms with E-state index >= 15 is 0 Å². The highest BCUT2D eigenvalue weighted by Crippen LogP contribution is 2.25. The maximum Gasteiger partial charge on any atom is 0.310 e. The van der Waals surface area contributed by atoms with Gasteiger partial charge in [-0.2, -0.15) is 0 Å². The molecule has 9 heteroatoms. The number of nitrogens with zero attached hydrogens (tertiary/aromatic N) is 2. The number of benzene rings is 2. The predicted octanol–water partition coefficient (Wildman–Crippen LogP) is 2.83. The first-order valence-corrected chi connectivity index (χ1v) is 10.4. The van der Waals surface area contributed by atoms with Crippen LogP contribution < -0.4 is 20.3 Å². The third-order valence-electron chi connectivity index (χ3n) is 5.11. The van der Waals surface area contributed by atoms with Crippen molar-refractivity contribution in [2.45, 2.75) is 26.4 Å². The van der Waals surface area contributed by atoms with Gasteiger partial charge in [0.25, 0.3) is 11.5 Å². The summed E-state index contributed by atoms with van der Waals surface area (Å²) >= 11 is 0. The number of para-hydroxylation sites is 3. The van der Waals surface area contributed by atoms with Gasteiger partial charge in [-0.25, -0.2) is 4.68 Å². The third kappa shape index (κ3) is 5.43. The highest BCUT2D eigenvalue weighted by atomic mass is 16.6. The van der Waals surface area contributed by atoms with Crippen molar-refractivity contribution in [3.63, 3.8) is 0 Å². The van der Waals surface area contributed by atoms with Gasteiger partial charge in [-0.15, -0.1) is 0 Å². The zero-order chi connectivity index (χ0) is 24.0. The number of nitrogens with one attached hydrogen (secondary N) is 1. The summed E-state index contributed by atoms with van der Waals surface area (Å²) in [6.07, 6.45) is -1.14. The van der Waals surface area contributed by atoms with Crippen LogP contribution in [0.25, 0.3) is 5.69 Å². The van der Waals surface area contributed by atoms with E-state index in [0.29, 0.717) is 22.9 Å². The van der Waals surface area contributed by atoms with Crippen LogP contribution in [-0.4, -0.2) is 41.1 Å². The van der Waals surface area contributed by atoms with Crippen LogP contribution in [0.3, 0.4) is 0 Å². The summed E-state index contributed by atoms with van der Waals surface area (Å²) < 4.78 is 19.1. The molecule has 3 aromatic rings. The van der Waals surface area contributed by atoms with Crippen LogP contribution in [-0.2, 0) is 21.4 Å². The molecule has 1 amide bonds. The Balaban J connectivity index is 1.58. The summed E-state index contributed by atoms with van der Waals surface area (Å²) in [6, 6.07) is 16.2. The fraction of sp³-hybridized carbons (Fsp3) is 0.292. The van der Waals surface area contributed by atoms with Crippen molar-refractivity contribution >= 4 is 17.6 Å². The molecule has 0 fully saturated rings. The van der Waals surface area contributed by atoms with Crippen LogP contribution in [0.4, 0.5) is 5.69 Å². The molecular formula is C24H27N3O6. The van der Waals surface area contributed by atoms with Gasteiger partial charge in [0.05, 0.1) is 31.5 Å². The summed E-state index contributed by atoms with van der Waals surface area (Å²) in [5.41, 5.74) is 0.996. The van der Waals surface area contributed by atoms with E-state index in [1.165, 1.54) is 18.7 Å². The van der Waals surface area contributed by atoms with E-state index in [9.17, 15) is 14.4 Å². The Morgan fingerprint density at radius 3 is 2.33 bits per heavy atom. The lowest BCUT2D eigenvalue weighted by molar-refractivity contribution is -0.153. The van der Waals surface area contributed by atoms with Crippen molar-refractivity contribution in [2.24, 2.45) is 7.05 Å². The van der Waals surface area contributed by atoms with Crippen molar-refractivity contribution in [1.29, 1.82) is 0 Å². The van der Waals surface area contributed by atoms with Crippen LogP contribution in [0.2, 0.25) is 0 Å². The van der Waals surface area contributed by atoms with E-state index in [4.69, 9.17) is 14.2 Å². The normalized spacial score (nSPS) is 11.5. The van der Waals surface area contributed by atoms with Gasteiger partial charge in [-0.3, -0.25) is 19.1 Å². The monoisotopic (exact) mass is 453 g/mol. The molecule has 0 aliphatic rings. The van der Waals surface area contributed by atoms with Crippen molar-refractivity contribution < 1.29 is 23.8 Å². The van der Waals surface area contributed by atoms with E-state index < -0.39 is 18.0 Å². The van der Waals surface area contributed by atoms with E-state index in [2.05, 4.69) is 5.32 Å². The fourth-order valence-corrected chi connectivity index (χ4v) is 3.23. The molecule has 1 aromatic heterocycles. The lowest BCUT2D eigenvalue weighted by atomic mass is 10.3. The predicted molar refractivity (Wildman–Crippen MR) is 123 cm³/mol. The molecule has 1 unspecified atom stereocenters. The molecule has 1 heterocycles. The van der Waals surface area contributed by atoms with Gasteiger partial charge >= 0.3 is 5.97 Å². The number of methoxy groups -OCH3 is 1. The quantitative estimate of drug-likeness (QED) is 0.500. The first-order chi connectivity index (χ1) is 15.8. The van der Waals surface area contributed by atoms with Crippen molar-refractivity contribution in [1.82, 2.24) is 9.36 Å². The summed E-state index contributed by atoms with van der Waals surface area (Å²) in [4.78, 5) is 37.7. The minimum atomic E-state index is -1.09. The zero-order valence-electron chi connectivity index (χ0n) is 19.0. The average molecular weight is 453 g/mol. The number of aromatic nitrogens is 2. The molecule has 174 valence electrons. The molecule has 1 N–H and O–H groups in total. The number of carbonyl (C=O) groups excluding carboxylic acids is 2. The Morgan fingerprint density at radius 1 is 1.03 bits per heavy atom. The number of amides is 1. The Bertz CT molecular complexity index is 1180. The Kier molecular flexibility index (Phi) is 7.55. The topological polar surface area (TPSA) is 101 Å². The standard InChI is InChI=1S/C24H27N3O6/c1-16-22(24(30)27(26(16)3)18-10-6-5-7-11-18)25-23(29)17(2)33-21(28)14-15-32-20-13-9-8-12-19(20)31-4/h5-13,17H,14-15H2,1-4H3,(H,25,29). The number of hydrogen-bond donors (Lipinski definition) is 1. The van der Waals surface area contributed by atoms with Crippen LogP contribution in [0, 0.1) is 6.92 Å². The Hall–Kier alpha value is -4.01. The molecule has 0 radical (unpaired) electrons. The third-order valence-corrected chi connectivity index (χ3v) is 5.11. The largest absolute Gasteiger partial charge is 0.493 e. The van der Waals surface area contributed by atoms with E-state index in [0.717, 1.165) is 0 Å². The number of rotatable bonds is 9. The van der Waals surface area contributed by atoms with Crippen LogP contribution in [0.15, 0.2) is 59.4 Å². The number of ether oxygens (including phenoxy) is 3. The van der Waals surface area contributed by atoms with Gasteiger partial charge in [-0.1, -0.05) is 30.3 Å². The van der Waals surface area contributed by atoms with Crippen molar-refractivity contribution in [3.8, 4) is 17.2 Å². The number of carbonyl (C=O) groups is 2. The lowest BCUT2D eigenvalue weighted by Gasteiger charge is -2.14. The molecule has 0 bridgehead atoms. The molecule has 0 saturated carbocycles. The molecule has 2 aromatic carbocycles. The second-order valence-corrected chi connectivity index (χ2v) is 7.31. The van der Waals surface area contributed by atoms with E-state index in [-0.39, 0.29) is 24.3 Å². The fourth-order valence-electron chi connectivity index (χ4n) is 3.23. The Labute approximate surface area is 191 Å². The van der Waals surface area contributed by atoms with Gasteiger partial charge in [0, 0.05) is 7.05 Å². The van der Waals surface area contributed by atoms with Crippen LogP contribution in [0.1, 0.15) is 19.0 Å². The van der Waals surface area contributed by atoms with Gasteiger partial charge in [0.15, 0.2) is 17.6 Å². The number of anilines is 1. The van der Waals surface area contributed by atoms with E-state index in [1.807, 2.05) is 24.3 Å². The molecule has 9 nitrogen and oxygen atoms in total. The van der Waals surface area contributed by atoms with Gasteiger partial charge in [0.1, 0.15) is 5.69 Å². The first-order valence-electron chi connectivity index (χ1n) is 10.4. The summed E-state index contributed by atoms with van der Waals surface area (Å²) in [5, 5.41) is 2.59. The molecule has 0 spiro atoms. The molecular weight excluding hydrogens is 426 g/mol. The van der Waals surface area contributed by atoms with Gasteiger partial charge < -0.3 is 19.5 Å². The average Bonchev–Trinajstić information content (AvgIpc) is 3.02. The maximum atomic E-state index is 12.9. The number of esters is 1. The van der Waals surface area contributed by atoms with Crippen LogP contribution >= 0.6 is 0 Å². The molecule has 0 saturated heterocycles. The number of hydrogen-bond acceptors (Lipinski definition) is 6. The molecule has 33 heavy (non-hydrogen) atoms. The maximum absolute atomic E-state index is 12.9. The first kappa shape index (κ1) is 23.6. The highest BCUT2D eigenvalue weighted by molar-refractivity contribution is 5.95. The molecule has 3 rings (SSSR count). The summed E-state index contributed by atoms with van der Waals surface area (Å²) in [7, 11) is 3.25. The highest BCUT2D eigenvalue weighted by Gasteiger charge is 2.23. The van der Waals surface area contributed by atoms with Crippen LogP contribution in [0.5, 0.6) is 11.5 Å². The lowest BCUT2D eigenvalue weighted by Crippen LogP contribution is -2.32. The summed E-state index contributed by atoms with van der Waals surface area (Å²) in [5.74, 6) is -0.134. The molecule has 1 atom stereocenters. The SMILES string of the molecule is COc1ccccc1OCCC(=O)OC(C)C(=O)Nc1c(C)n(C)n(-c2ccccc2)c1=O. The zero-order valence-corrected chi connectivity index (χ0v) is 19.0. The van der Waals surface area contributed by atoms with Gasteiger partial charge in [0.2, 0.25) is 0 Å². The van der Waals surface area contributed by atoms with Gasteiger partial charge in [-0.05, 0) is 38.1 Å². The molecule has 0 aliphatic carbocycles. The van der Waals surface area contributed by atoms with Crippen molar-refractivity contribution in [2.75, 3.05) is 19.0 Å². The minimum Gasteiger partial charge on any atom is -0.493 e. The minimum absolute atomic E-state index is 0.0547. The smallest absolute Gasteiger partial charge is 0.310 e. The Morgan fingerprint density at radius 2 is 1.67 bits per heavy atom. The second-order valence-electron chi connectivity index (χ2n) is 7.31. The van der Waals surface area contributed by atoms with Crippen molar-refractivity contribution in [3.05, 3.63) is 70.6 Å². The summed E-state index contributed by atoms with van der Waals surface area (Å²) in [6.45, 7) is 3.23. The second kappa shape index (κ2) is 10.5.